The van der Waals surface area contributed by atoms with Crippen molar-refractivity contribution in [3.05, 3.63) is 181 Å². The molecule has 49 heavy (non-hydrogen) atoms. The molecule has 0 saturated heterocycles. The maximum atomic E-state index is 9.67. The van der Waals surface area contributed by atoms with Crippen molar-refractivity contribution in [3.8, 4) is 44.5 Å². The van der Waals surface area contributed by atoms with E-state index in [9.17, 15) is 15.1 Å². The Kier molecular flexibility index (Phi) is 2.50. The van der Waals surface area contributed by atoms with Crippen LogP contribution in [0.5, 0.6) is 0 Å². The number of hydrogen-bond donors (Lipinski definition) is 0. The average Bonchev–Trinajstić information content (AvgIpc) is 4.02. The van der Waals surface area contributed by atoms with E-state index in [-0.39, 0.29) is 0 Å². The van der Waals surface area contributed by atoms with Crippen molar-refractivity contribution in [1.82, 2.24) is 0 Å². The number of benzene rings is 9. The summed E-state index contributed by atoms with van der Waals surface area (Å²) < 4.78 is 276. The first-order valence-corrected chi connectivity index (χ1v) is 14.4. The van der Waals surface area contributed by atoms with E-state index in [1.807, 2.05) is 0 Å². The predicted octanol–water partition coefficient (Wildman–Crippen LogP) is 13.7. The fourth-order valence-corrected chi connectivity index (χ4v) is 5.84. The summed E-state index contributed by atoms with van der Waals surface area (Å²) in [4.78, 5) is 0. The number of furan rings is 1. The van der Waals surface area contributed by atoms with Gasteiger partial charge in [-0.25, -0.2) is 0 Å². The maximum absolute atomic E-state index is 9.67. The first kappa shape index (κ1) is 11.1. The molecule has 10 aromatic rings. The Morgan fingerprint density at radius 3 is 1.55 bits per heavy atom. The largest absolute Gasteiger partial charge is 0.455 e. The minimum atomic E-state index is -1.08. The van der Waals surface area contributed by atoms with E-state index >= 15 is 0 Å². The topological polar surface area (TPSA) is 13.1 Å². The van der Waals surface area contributed by atoms with Gasteiger partial charge in [-0.1, -0.05) is 151 Å². The molecule has 0 bridgehead atoms. The Bertz CT molecular complexity index is 4460. The molecule has 0 aliphatic carbocycles. The van der Waals surface area contributed by atoms with Crippen LogP contribution >= 0.6 is 0 Å². The molecule has 0 N–H and O–H groups in total. The zero-order chi connectivity index (χ0) is 58.4. The Balaban J connectivity index is 1.49. The van der Waals surface area contributed by atoms with Crippen molar-refractivity contribution in [2.75, 3.05) is 0 Å². The lowest BCUT2D eigenvalue weighted by molar-refractivity contribution is 0.673. The molecule has 0 atom stereocenters. The van der Waals surface area contributed by atoms with E-state index in [1.54, 1.807) is 0 Å². The summed E-state index contributed by atoms with van der Waals surface area (Å²) in [7, 11) is 0. The molecule has 9 aromatic carbocycles. The van der Waals surface area contributed by atoms with Gasteiger partial charge in [0.15, 0.2) is 0 Å². The van der Waals surface area contributed by atoms with Crippen LogP contribution in [-0.2, 0) is 0 Å². The Morgan fingerprint density at radius 2 is 0.878 bits per heavy atom. The van der Waals surface area contributed by atoms with Crippen molar-refractivity contribution in [1.29, 1.82) is 0 Å². The van der Waals surface area contributed by atoms with Gasteiger partial charge in [-0.3, -0.25) is 0 Å². The molecular formula is C48H30O. The Morgan fingerprint density at radius 1 is 0.347 bits per heavy atom. The van der Waals surface area contributed by atoms with E-state index in [0.717, 1.165) is 0 Å². The molecule has 0 radical (unpaired) electrons. The third kappa shape index (κ3) is 4.40. The molecule has 1 heterocycles. The summed E-state index contributed by atoms with van der Waals surface area (Å²) in [5, 5.41) is -5.60. The normalized spacial score (nSPS) is 20.2. The summed E-state index contributed by atoms with van der Waals surface area (Å²) in [6, 6.07) is -29.0. The summed E-state index contributed by atoms with van der Waals surface area (Å²) in [6.45, 7) is 0. The maximum Gasteiger partial charge on any atom is 0.143 e. The van der Waals surface area contributed by atoms with Gasteiger partial charge < -0.3 is 4.42 Å². The van der Waals surface area contributed by atoms with Gasteiger partial charge in [-0.05, 0) is 102 Å². The van der Waals surface area contributed by atoms with E-state index in [4.69, 9.17) is 30.5 Å². The van der Waals surface area contributed by atoms with Crippen molar-refractivity contribution in [2.45, 2.75) is 0 Å². The highest BCUT2D eigenvalue weighted by atomic mass is 16.3. The highest BCUT2D eigenvalue weighted by molar-refractivity contribution is 6.27. The van der Waals surface area contributed by atoms with E-state index in [0.29, 0.717) is 0 Å². The second kappa shape index (κ2) is 11.1. The average molecular weight is 653 g/mol. The zero-order valence-corrected chi connectivity index (χ0v) is 24.4. The van der Waals surface area contributed by atoms with Crippen LogP contribution in [0.1, 0.15) is 41.1 Å². The van der Waals surface area contributed by atoms with E-state index in [1.165, 1.54) is 0 Å². The fourth-order valence-electron chi connectivity index (χ4n) is 5.84. The first-order chi connectivity index (χ1) is 36.8. The van der Waals surface area contributed by atoms with Crippen molar-refractivity contribution < 1.29 is 45.5 Å². The number of hydrogen-bond acceptors (Lipinski definition) is 1. The SMILES string of the molecule is [2H]c1c([2H])c([2H])c(-c2c([2H])c([2H])c([2H])c(-c3c4c([2H])c([2H])c([2H])c([2H])c4c(-c4c([2H])c([2H])c([2H])c5oc6c7c([2H])c([2H])c(-c8c([2H])c([2H])c([2H])c([2H])c8[2H])c([2H])c7c([2H])c([2H])c6c45)c4c([2H])c([2H])c([2H])c([2H])c34)c2[2H])c([2H])c1[2H]. The number of rotatable bonds is 4. The highest BCUT2D eigenvalue weighted by Crippen LogP contribution is 2.48. The van der Waals surface area contributed by atoms with Gasteiger partial charge in [0.05, 0.1) is 41.1 Å². The standard InChI is InChI=1S/C48H30O/c1-3-13-31(14-4-1)33-17-11-18-36(30-33)45-38-19-7-9-21-40(38)46(41-22-10-8-20-39(41)45)42-23-12-24-44-47(42)43-28-26-35-29-34(32-15-5-2-6-16-32)25-27-37(35)48(43)49-44/h1-30H/i1D,2D,3D,4D,5D,6D,7D,8D,9D,10D,11D,12D,13D,14D,15D,16D,17D,18D,19D,20D,21D,22D,23D,24D,25D,26D,27D,28D,29D,30D. The molecule has 0 amide bonds. The third-order valence-electron chi connectivity index (χ3n) is 7.87. The second-order valence-electron chi connectivity index (χ2n) is 10.5. The lowest BCUT2D eigenvalue weighted by Gasteiger charge is -2.18. The summed E-state index contributed by atoms with van der Waals surface area (Å²) in [5.41, 5.74) is -7.64. The highest BCUT2D eigenvalue weighted by Gasteiger charge is 2.21. The predicted molar refractivity (Wildman–Crippen MR) is 208 cm³/mol. The van der Waals surface area contributed by atoms with Crippen LogP contribution < -0.4 is 0 Å². The molecule has 1 nitrogen and oxygen atoms in total. The van der Waals surface area contributed by atoms with Crippen LogP contribution in [0, 0.1) is 0 Å². The monoisotopic (exact) mass is 652 g/mol. The van der Waals surface area contributed by atoms with Crippen LogP contribution in [0.3, 0.4) is 0 Å². The minimum Gasteiger partial charge on any atom is -0.455 e. The molecule has 1 aromatic heterocycles. The van der Waals surface area contributed by atoms with Crippen LogP contribution in [0.2, 0.25) is 0 Å². The van der Waals surface area contributed by atoms with Gasteiger partial charge in [-0.15, -0.1) is 0 Å². The molecule has 10 rings (SSSR count). The first-order valence-electron chi connectivity index (χ1n) is 29.4. The summed E-state index contributed by atoms with van der Waals surface area (Å²) >= 11 is 0. The zero-order valence-electron chi connectivity index (χ0n) is 54.4. The molecule has 0 spiro atoms. The molecule has 0 unspecified atom stereocenters. The van der Waals surface area contributed by atoms with Gasteiger partial charge in [0.1, 0.15) is 11.2 Å². The van der Waals surface area contributed by atoms with Crippen LogP contribution in [0.15, 0.2) is 186 Å². The molecular weight excluding hydrogens is 593 g/mol. The van der Waals surface area contributed by atoms with E-state index in [2.05, 4.69) is 0 Å². The van der Waals surface area contributed by atoms with Gasteiger partial charge in [0, 0.05) is 16.2 Å². The number of fused-ring (bicyclic) bond motifs is 7. The van der Waals surface area contributed by atoms with Gasteiger partial charge in [0.2, 0.25) is 0 Å². The van der Waals surface area contributed by atoms with Gasteiger partial charge in [0.25, 0.3) is 0 Å². The molecule has 0 fully saturated rings. The lowest BCUT2D eigenvalue weighted by Crippen LogP contribution is -1.91. The molecule has 228 valence electrons. The molecule has 0 saturated carbocycles. The quantitative estimate of drug-likeness (QED) is 0.172. The van der Waals surface area contributed by atoms with Crippen molar-refractivity contribution >= 4 is 54.3 Å². The van der Waals surface area contributed by atoms with Crippen LogP contribution in [-0.4, -0.2) is 0 Å². The van der Waals surface area contributed by atoms with Gasteiger partial charge in [-0.2, -0.15) is 0 Å². The van der Waals surface area contributed by atoms with Crippen molar-refractivity contribution in [3.63, 3.8) is 0 Å². The minimum absolute atomic E-state index is 0.597. The third-order valence-corrected chi connectivity index (χ3v) is 7.87. The Hall–Kier alpha value is -6.44. The Labute approximate surface area is 326 Å². The molecule has 0 aliphatic rings. The van der Waals surface area contributed by atoms with E-state index < -0.39 is 280 Å². The van der Waals surface area contributed by atoms with Gasteiger partial charge >= 0.3 is 0 Å². The molecule has 0 aliphatic heterocycles. The smallest absolute Gasteiger partial charge is 0.143 e. The van der Waals surface area contributed by atoms with Crippen LogP contribution in [0.4, 0.5) is 0 Å². The summed E-state index contributed by atoms with van der Waals surface area (Å²) in [5.74, 6) is 0. The second-order valence-corrected chi connectivity index (χ2v) is 10.5. The molecule has 1 heteroatoms. The summed E-state index contributed by atoms with van der Waals surface area (Å²) in [6.07, 6.45) is 0. The van der Waals surface area contributed by atoms with Crippen LogP contribution in [0.25, 0.3) is 98.8 Å². The van der Waals surface area contributed by atoms with Crippen molar-refractivity contribution in [2.24, 2.45) is 0 Å². The fraction of sp³-hybridized carbons (Fsp3) is 0. The lowest BCUT2D eigenvalue weighted by atomic mass is 9.84.